The standard InChI is InChI=1S/C15H14N2O4/c1-3-13-12(8-9(2)15(19)16-13)14(18)10-4-6-11(7-5-10)17(20)21/h4-8H,3H2,1-2H3,(H,16,19). The van der Waals surface area contributed by atoms with Gasteiger partial charge in [-0.15, -0.1) is 0 Å². The zero-order chi connectivity index (χ0) is 15.6. The molecule has 0 saturated carbocycles. The lowest BCUT2D eigenvalue weighted by Crippen LogP contribution is -2.17. The molecule has 1 aromatic heterocycles. The average Bonchev–Trinajstić information content (AvgIpc) is 2.49. The second-order valence-corrected chi connectivity index (χ2v) is 4.66. The molecule has 0 saturated heterocycles. The Labute approximate surface area is 120 Å². The van der Waals surface area contributed by atoms with Gasteiger partial charge in [-0.3, -0.25) is 19.7 Å². The van der Waals surface area contributed by atoms with Gasteiger partial charge in [0.2, 0.25) is 0 Å². The molecular weight excluding hydrogens is 272 g/mol. The fraction of sp³-hybridized carbons (Fsp3) is 0.200. The molecular formula is C15H14N2O4. The molecule has 1 heterocycles. The highest BCUT2D eigenvalue weighted by Crippen LogP contribution is 2.17. The molecule has 0 fully saturated rings. The minimum Gasteiger partial charge on any atom is -0.325 e. The van der Waals surface area contributed by atoms with Gasteiger partial charge in [-0.1, -0.05) is 6.92 Å². The van der Waals surface area contributed by atoms with Crippen LogP contribution in [0, 0.1) is 17.0 Å². The molecule has 0 aliphatic rings. The van der Waals surface area contributed by atoms with Crippen molar-refractivity contribution in [2.24, 2.45) is 0 Å². The number of aromatic amines is 1. The number of carbonyl (C=O) groups excluding carboxylic acids is 1. The number of hydrogen-bond donors (Lipinski definition) is 1. The highest BCUT2D eigenvalue weighted by atomic mass is 16.6. The number of nitro benzene ring substituents is 1. The van der Waals surface area contributed by atoms with Crippen molar-refractivity contribution < 1.29 is 9.72 Å². The van der Waals surface area contributed by atoms with Gasteiger partial charge >= 0.3 is 0 Å². The second kappa shape index (κ2) is 5.70. The summed E-state index contributed by atoms with van der Waals surface area (Å²) in [5, 5.41) is 10.6. The van der Waals surface area contributed by atoms with Gasteiger partial charge in [0.15, 0.2) is 5.78 Å². The Balaban J connectivity index is 2.46. The van der Waals surface area contributed by atoms with Gasteiger partial charge in [-0.2, -0.15) is 0 Å². The second-order valence-electron chi connectivity index (χ2n) is 4.66. The Kier molecular flexibility index (Phi) is 3.98. The summed E-state index contributed by atoms with van der Waals surface area (Å²) < 4.78 is 0. The molecule has 108 valence electrons. The molecule has 0 bridgehead atoms. The topological polar surface area (TPSA) is 93.1 Å². The smallest absolute Gasteiger partial charge is 0.269 e. The molecule has 0 aliphatic carbocycles. The van der Waals surface area contributed by atoms with Crippen LogP contribution in [0.2, 0.25) is 0 Å². The van der Waals surface area contributed by atoms with Crippen molar-refractivity contribution in [3.05, 3.63) is 73.2 Å². The lowest BCUT2D eigenvalue weighted by Gasteiger charge is -2.08. The zero-order valence-corrected chi connectivity index (χ0v) is 11.7. The molecule has 0 spiro atoms. The zero-order valence-electron chi connectivity index (χ0n) is 11.7. The summed E-state index contributed by atoms with van der Waals surface area (Å²) in [7, 11) is 0. The molecule has 6 nitrogen and oxygen atoms in total. The summed E-state index contributed by atoms with van der Waals surface area (Å²) in [6.07, 6.45) is 0.517. The summed E-state index contributed by atoms with van der Waals surface area (Å²) in [6, 6.07) is 6.97. The average molecular weight is 286 g/mol. The summed E-state index contributed by atoms with van der Waals surface area (Å²) in [5.74, 6) is -0.263. The predicted molar refractivity (Wildman–Crippen MR) is 77.7 cm³/mol. The molecule has 0 unspecified atom stereocenters. The van der Waals surface area contributed by atoms with Crippen LogP contribution in [0.25, 0.3) is 0 Å². The first kappa shape index (κ1) is 14.6. The number of aromatic nitrogens is 1. The number of pyridine rings is 1. The van der Waals surface area contributed by atoms with Gasteiger partial charge < -0.3 is 4.98 Å². The fourth-order valence-corrected chi connectivity index (χ4v) is 2.04. The van der Waals surface area contributed by atoms with Crippen LogP contribution < -0.4 is 5.56 Å². The molecule has 6 heteroatoms. The van der Waals surface area contributed by atoms with Crippen LogP contribution >= 0.6 is 0 Å². The number of nitrogens with zero attached hydrogens (tertiary/aromatic N) is 1. The monoisotopic (exact) mass is 286 g/mol. The van der Waals surface area contributed by atoms with Gasteiger partial charge in [-0.05, 0) is 31.5 Å². The molecule has 0 atom stereocenters. The van der Waals surface area contributed by atoms with E-state index in [2.05, 4.69) is 4.98 Å². The highest BCUT2D eigenvalue weighted by Gasteiger charge is 2.16. The summed E-state index contributed by atoms with van der Waals surface area (Å²) in [4.78, 5) is 36.9. The van der Waals surface area contributed by atoms with E-state index in [-0.39, 0.29) is 17.0 Å². The number of nitrogens with one attached hydrogen (secondary N) is 1. The van der Waals surface area contributed by atoms with Crippen molar-refractivity contribution in [1.29, 1.82) is 0 Å². The van der Waals surface area contributed by atoms with Crippen molar-refractivity contribution >= 4 is 11.5 Å². The van der Waals surface area contributed by atoms with Gasteiger partial charge in [0.25, 0.3) is 11.2 Å². The lowest BCUT2D eigenvalue weighted by atomic mass is 9.99. The third-order valence-electron chi connectivity index (χ3n) is 3.25. The predicted octanol–water partition coefficient (Wildman–Crippen LogP) is 2.38. The van der Waals surface area contributed by atoms with Crippen LogP contribution in [0.5, 0.6) is 0 Å². The van der Waals surface area contributed by atoms with Gasteiger partial charge in [0.05, 0.1) is 4.92 Å². The maximum absolute atomic E-state index is 12.5. The first-order chi connectivity index (χ1) is 9.93. The lowest BCUT2D eigenvalue weighted by molar-refractivity contribution is -0.384. The first-order valence-corrected chi connectivity index (χ1v) is 6.46. The summed E-state index contributed by atoms with van der Waals surface area (Å²) in [6.45, 7) is 3.47. The molecule has 0 amide bonds. The minimum atomic E-state index is -0.518. The van der Waals surface area contributed by atoms with Crippen LogP contribution in [-0.4, -0.2) is 15.7 Å². The van der Waals surface area contributed by atoms with Crippen LogP contribution in [0.15, 0.2) is 35.1 Å². The Morgan fingerprint density at radius 3 is 2.43 bits per heavy atom. The SMILES string of the molecule is CCc1[nH]c(=O)c(C)cc1C(=O)c1ccc([N+](=O)[O-])cc1. The van der Waals surface area contributed by atoms with E-state index in [1.165, 1.54) is 24.3 Å². The largest absolute Gasteiger partial charge is 0.325 e. The number of hydrogen-bond acceptors (Lipinski definition) is 4. The number of aryl methyl sites for hydroxylation is 2. The number of nitro groups is 1. The van der Waals surface area contributed by atoms with Crippen molar-refractivity contribution in [2.45, 2.75) is 20.3 Å². The number of carbonyl (C=O) groups is 1. The molecule has 0 radical (unpaired) electrons. The van der Waals surface area contributed by atoms with E-state index in [0.29, 0.717) is 28.8 Å². The van der Waals surface area contributed by atoms with Crippen LogP contribution in [-0.2, 0) is 6.42 Å². The summed E-state index contributed by atoms with van der Waals surface area (Å²) >= 11 is 0. The van der Waals surface area contributed by atoms with Crippen molar-refractivity contribution in [3.8, 4) is 0 Å². The van der Waals surface area contributed by atoms with Crippen LogP contribution in [0.3, 0.4) is 0 Å². The van der Waals surface area contributed by atoms with E-state index in [4.69, 9.17) is 0 Å². The molecule has 1 N–H and O–H groups in total. The fourth-order valence-electron chi connectivity index (χ4n) is 2.04. The first-order valence-electron chi connectivity index (χ1n) is 6.46. The minimum absolute atomic E-state index is 0.0695. The van der Waals surface area contributed by atoms with Gasteiger partial charge in [0.1, 0.15) is 0 Å². The molecule has 2 rings (SSSR count). The normalized spacial score (nSPS) is 10.4. The Hall–Kier alpha value is -2.76. The Morgan fingerprint density at radius 1 is 1.29 bits per heavy atom. The third kappa shape index (κ3) is 2.89. The Bertz CT molecular complexity index is 760. The third-order valence-corrected chi connectivity index (χ3v) is 3.25. The van der Waals surface area contributed by atoms with E-state index < -0.39 is 4.92 Å². The van der Waals surface area contributed by atoms with Crippen LogP contribution in [0.4, 0.5) is 5.69 Å². The summed E-state index contributed by atoms with van der Waals surface area (Å²) in [5.41, 5.74) is 1.50. The van der Waals surface area contributed by atoms with Crippen molar-refractivity contribution in [3.63, 3.8) is 0 Å². The maximum atomic E-state index is 12.5. The number of rotatable bonds is 4. The van der Waals surface area contributed by atoms with E-state index in [9.17, 15) is 19.7 Å². The number of non-ortho nitro benzene ring substituents is 1. The quantitative estimate of drug-likeness (QED) is 0.530. The van der Waals surface area contributed by atoms with Gasteiger partial charge in [0, 0.05) is 34.5 Å². The molecule has 2 aromatic rings. The number of benzene rings is 1. The van der Waals surface area contributed by atoms with Crippen LogP contribution in [0.1, 0.15) is 34.1 Å². The number of ketones is 1. The van der Waals surface area contributed by atoms with E-state index in [1.54, 1.807) is 13.0 Å². The van der Waals surface area contributed by atoms with E-state index >= 15 is 0 Å². The van der Waals surface area contributed by atoms with E-state index in [1.807, 2.05) is 6.92 Å². The number of H-pyrrole nitrogens is 1. The highest BCUT2D eigenvalue weighted by molar-refractivity contribution is 6.09. The van der Waals surface area contributed by atoms with E-state index in [0.717, 1.165) is 0 Å². The van der Waals surface area contributed by atoms with Crippen molar-refractivity contribution in [1.82, 2.24) is 4.98 Å². The van der Waals surface area contributed by atoms with Crippen molar-refractivity contribution in [2.75, 3.05) is 0 Å². The van der Waals surface area contributed by atoms with Gasteiger partial charge in [-0.25, -0.2) is 0 Å². The Morgan fingerprint density at radius 2 is 1.90 bits per heavy atom. The molecule has 1 aromatic carbocycles. The molecule has 21 heavy (non-hydrogen) atoms. The molecule has 0 aliphatic heterocycles. The maximum Gasteiger partial charge on any atom is 0.269 e.